The number of likely N-dealkylation sites (tertiary alicyclic amines) is 1. The molecule has 0 bridgehead atoms. The predicted octanol–water partition coefficient (Wildman–Crippen LogP) is 0.0521. The number of piperidine rings is 1. The maximum atomic E-state index is 11.5. The van der Waals surface area contributed by atoms with Gasteiger partial charge in [0.1, 0.15) is 0 Å². The first kappa shape index (κ1) is 14.0. The van der Waals surface area contributed by atoms with Gasteiger partial charge in [-0.1, -0.05) is 0 Å². The summed E-state index contributed by atoms with van der Waals surface area (Å²) in [6.07, 6.45) is 2.09. The van der Waals surface area contributed by atoms with Crippen LogP contribution in [0.4, 0.5) is 0 Å². The van der Waals surface area contributed by atoms with E-state index >= 15 is 0 Å². The zero-order chi connectivity index (χ0) is 12.8. The average molecular weight is 241 g/mol. The second kappa shape index (κ2) is 6.59. The van der Waals surface area contributed by atoms with E-state index in [-0.39, 0.29) is 18.4 Å². The third kappa shape index (κ3) is 4.00. The number of nitrogens with two attached hydrogens (primary N) is 1. The van der Waals surface area contributed by atoms with E-state index in [1.807, 2.05) is 16.7 Å². The number of rotatable bonds is 4. The molecule has 1 fully saturated rings. The van der Waals surface area contributed by atoms with Gasteiger partial charge in [-0.3, -0.25) is 9.59 Å². The molecule has 0 aliphatic carbocycles. The molecule has 1 aliphatic heterocycles. The van der Waals surface area contributed by atoms with E-state index in [0.29, 0.717) is 5.92 Å². The Morgan fingerprint density at radius 1 is 1.47 bits per heavy atom. The SMILES string of the molecule is CCN(CC1CCCN(C(=O)CN)C1)C(C)=O. The molecule has 0 aromatic heterocycles. The maximum absolute atomic E-state index is 11.5. The van der Waals surface area contributed by atoms with Gasteiger partial charge in [-0.15, -0.1) is 0 Å². The Hall–Kier alpha value is -1.10. The van der Waals surface area contributed by atoms with Crippen LogP contribution in [0.2, 0.25) is 0 Å². The number of hydrogen-bond acceptors (Lipinski definition) is 3. The minimum absolute atomic E-state index is 0.0144. The van der Waals surface area contributed by atoms with Crippen molar-refractivity contribution in [1.82, 2.24) is 9.80 Å². The molecule has 1 aliphatic rings. The fraction of sp³-hybridized carbons (Fsp3) is 0.833. The fourth-order valence-electron chi connectivity index (χ4n) is 2.36. The fourth-order valence-corrected chi connectivity index (χ4v) is 2.36. The third-order valence-corrected chi connectivity index (χ3v) is 3.35. The Morgan fingerprint density at radius 3 is 2.71 bits per heavy atom. The summed E-state index contributed by atoms with van der Waals surface area (Å²) in [7, 11) is 0. The van der Waals surface area contributed by atoms with Gasteiger partial charge in [-0.25, -0.2) is 0 Å². The summed E-state index contributed by atoms with van der Waals surface area (Å²) in [5, 5.41) is 0. The molecule has 98 valence electrons. The zero-order valence-electron chi connectivity index (χ0n) is 10.8. The van der Waals surface area contributed by atoms with Crippen molar-refractivity contribution in [2.24, 2.45) is 11.7 Å². The average Bonchev–Trinajstić information content (AvgIpc) is 2.34. The number of hydrogen-bond donors (Lipinski definition) is 1. The summed E-state index contributed by atoms with van der Waals surface area (Å²) in [5.41, 5.74) is 5.37. The van der Waals surface area contributed by atoms with E-state index in [4.69, 9.17) is 5.73 Å². The molecular weight excluding hydrogens is 218 g/mol. The van der Waals surface area contributed by atoms with E-state index in [1.165, 1.54) is 0 Å². The van der Waals surface area contributed by atoms with E-state index in [1.54, 1.807) is 6.92 Å². The molecule has 0 spiro atoms. The first-order valence-electron chi connectivity index (χ1n) is 6.31. The van der Waals surface area contributed by atoms with E-state index in [0.717, 1.165) is 39.0 Å². The zero-order valence-corrected chi connectivity index (χ0v) is 10.8. The van der Waals surface area contributed by atoms with Crippen LogP contribution in [0.15, 0.2) is 0 Å². The molecule has 0 aromatic carbocycles. The van der Waals surface area contributed by atoms with Crippen LogP contribution in [0.1, 0.15) is 26.7 Å². The van der Waals surface area contributed by atoms with Crippen LogP contribution in [-0.2, 0) is 9.59 Å². The highest BCUT2D eigenvalue weighted by Crippen LogP contribution is 2.17. The van der Waals surface area contributed by atoms with Crippen molar-refractivity contribution in [2.75, 3.05) is 32.7 Å². The lowest BCUT2D eigenvalue weighted by Gasteiger charge is -2.35. The normalized spacial score (nSPS) is 20.2. The quantitative estimate of drug-likeness (QED) is 0.756. The molecule has 0 aromatic rings. The summed E-state index contributed by atoms with van der Waals surface area (Å²) in [5.74, 6) is 0.512. The molecule has 17 heavy (non-hydrogen) atoms. The van der Waals surface area contributed by atoms with Gasteiger partial charge in [0.25, 0.3) is 0 Å². The summed E-state index contributed by atoms with van der Waals surface area (Å²) in [6, 6.07) is 0. The molecule has 5 nitrogen and oxygen atoms in total. The van der Waals surface area contributed by atoms with Crippen LogP contribution in [0.25, 0.3) is 0 Å². The predicted molar refractivity (Wildman–Crippen MR) is 66.3 cm³/mol. The van der Waals surface area contributed by atoms with Crippen molar-refractivity contribution in [1.29, 1.82) is 0 Å². The third-order valence-electron chi connectivity index (χ3n) is 3.35. The van der Waals surface area contributed by atoms with Crippen molar-refractivity contribution in [3.8, 4) is 0 Å². The minimum atomic E-state index is 0.0144. The highest BCUT2D eigenvalue weighted by atomic mass is 16.2. The van der Waals surface area contributed by atoms with E-state index in [9.17, 15) is 9.59 Å². The summed E-state index contributed by atoms with van der Waals surface area (Å²) in [6.45, 7) is 6.68. The van der Waals surface area contributed by atoms with Crippen LogP contribution < -0.4 is 5.73 Å². The molecule has 1 atom stereocenters. The second-order valence-electron chi connectivity index (χ2n) is 4.61. The Bertz CT molecular complexity index is 281. The second-order valence-corrected chi connectivity index (χ2v) is 4.61. The Morgan fingerprint density at radius 2 is 2.18 bits per heavy atom. The largest absolute Gasteiger partial charge is 0.343 e. The first-order chi connectivity index (χ1) is 8.08. The standard InChI is InChI=1S/C12H23N3O2/c1-3-14(10(2)16)8-11-5-4-6-15(9-11)12(17)7-13/h11H,3-9,13H2,1-2H3. The van der Waals surface area contributed by atoms with Crippen molar-refractivity contribution in [3.05, 3.63) is 0 Å². The van der Waals surface area contributed by atoms with Gasteiger partial charge in [0.15, 0.2) is 0 Å². The summed E-state index contributed by atoms with van der Waals surface area (Å²) >= 11 is 0. The molecule has 1 saturated heterocycles. The number of amides is 2. The molecule has 0 saturated carbocycles. The highest BCUT2D eigenvalue weighted by Gasteiger charge is 2.24. The van der Waals surface area contributed by atoms with Crippen LogP contribution in [0.5, 0.6) is 0 Å². The molecule has 2 amide bonds. The smallest absolute Gasteiger partial charge is 0.236 e. The lowest BCUT2D eigenvalue weighted by atomic mass is 9.97. The van der Waals surface area contributed by atoms with Gasteiger partial charge < -0.3 is 15.5 Å². The van der Waals surface area contributed by atoms with Crippen LogP contribution in [-0.4, -0.2) is 54.3 Å². The molecule has 1 rings (SSSR count). The van der Waals surface area contributed by atoms with E-state index < -0.39 is 0 Å². The lowest BCUT2D eigenvalue weighted by molar-refractivity contribution is -0.132. The Labute approximate surface area is 103 Å². The number of carbonyl (C=O) groups is 2. The topological polar surface area (TPSA) is 66.6 Å². The number of carbonyl (C=O) groups excluding carboxylic acids is 2. The van der Waals surface area contributed by atoms with Crippen LogP contribution in [0.3, 0.4) is 0 Å². The molecule has 2 N–H and O–H groups in total. The Kier molecular flexibility index (Phi) is 5.41. The van der Waals surface area contributed by atoms with Crippen molar-refractivity contribution in [2.45, 2.75) is 26.7 Å². The van der Waals surface area contributed by atoms with Gasteiger partial charge in [0.05, 0.1) is 6.54 Å². The van der Waals surface area contributed by atoms with Crippen LogP contribution >= 0.6 is 0 Å². The number of nitrogens with zero attached hydrogens (tertiary/aromatic N) is 2. The first-order valence-corrected chi connectivity index (χ1v) is 6.31. The maximum Gasteiger partial charge on any atom is 0.236 e. The summed E-state index contributed by atoms with van der Waals surface area (Å²) < 4.78 is 0. The molecule has 1 unspecified atom stereocenters. The van der Waals surface area contributed by atoms with Gasteiger partial charge in [0, 0.05) is 33.1 Å². The molecule has 0 radical (unpaired) electrons. The highest BCUT2D eigenvalue weighted by molar-refractivity contribution is 5.78. The van der Waals surface area contributed by atoms with Gasteiger partial charge in [-0.2, -0.15) is 0 Å². The van der Waals surface area contributed by atoms with Gasteiger partial charge >= 0.3 is 0 Å². The molecule has 1 heterocycles. The van der Waals surface area contributed by atoms with Crippen molar-refractivity contribution < 1.29 is 9.59 Å². The lowest BCUT2D eigenvalue weighted by Crippen LogP contribution is -2.46. The minimum Gasteiger partial charge on any atom is -0.343 e. The van der Waals surface area contributed by atoms with Crippen LogP contribution in [0, 0.1) is 5.92 Å². The van der Waals surface area contributed by atoms with Gasteiger partial charge in [-0.05, 0) is 25.7 Å². The van der Waals surface area contributed by atoms with E-state index in [2.05, 4.69) is 0 Å². The van der Waals surface area contributed by atoms with Gasteiger partial charge in [0.2, 0.25) is 11.8 Å². The monoisotopic (exact) mass is 241 g/mol. The molecule has 5 heteroatoms. The van der Waals surface area contributed by atoms with Crippen molar-refractivity contribution in [3.63, 3.8) is 0 Å². The summed E-state index contributed by atoms with van der Waals surface area (Å²) in [4.78, 5) is 26.5. The Balaban J connectivity index is 2.49. The van der Waals surface area contributed by atoms with Crippen molar-refractivity contribution >= 4 is 11.8 Å². The molecular formula is C12H23N3O2.